The summed E-state index contributed by atoms with van der Waals surface area (Å²) in [5, 5.41) is 9.04. The largest absolute Gasteiger partial charge is 0.464 e. The van der Waals surface area contributed by atoms with Crippen molar-refractivity contribution < 1.29 is 23.1 Å². The zero-order chi connectivity index (χ0) is 18.6. The number of carbonyl (C=O) groups is 1. The van der Waals surface area contributed by atoms with Gasteiger partial charge in [0.25, 0.3) is 0 Å². The molecule has 0 unspecified atom stereocenters. The Kier molecular flexibility index (Phi) is 5.81. The molecule has 0 aliphatic heterocycles. The molecule has 1 amide bonds. The summed E-state index contributed by atoms with van der Waals surface area (Å²) in [5.41, 5.74) is 0.426. The summed E-state index contributed by atoms with van der Waals surface area (Å²) in [6.45, 7) is 1.89. The molecule has 0 aliphatic carbocycles. The van der Waals surface area contributed by atoms with Crippen LogP contribution in [0.2, 0.25) is 5.15 Å². The van der Waals surface area contributed by atoms with E-state index in [1.165, 1.54) is 18.2 Å². The summed E-state index contributed by atoms with van der Waals surface area (Å²) in [6.07, 6.45) is -0.933. The summed E-state index contributed by atoms with van der Waals surface area (Å²) in [4.78, 5) is 19.0. The maximum Gasteiger partial charge on any atom is 0.420 e. The van der Waals surface area contributed by atoms with Gasteiger partial charge in [0, 0.05) is 19.5 Å². The van der Waals surface area contributed by atoms with Crippen molar-refractivity contribution in [2.45, 2.75) is 19.1 Å². The molecule has 0 bridgehead atoms. The molecule has 1 heterocycles. The summed E-state index contributed by atoms with van der Waals surface area (Å²) in [7, 11) is -2.96. The van der Waals surface area contributed by atoms with E-state index in [2.05, 4.69) is 9.97 Å². The fourth-order valence-electron chi connectivity index (χ4n) is 1.85. The van der Waals surface area contributed by atoms with E-state index in [-0.39, 0.29) is 15.3 Å². The lowest BCUT2D eigenvalue weighted by Crippen LogP contribution is -2.32. The molecule has 2 aromatic rings. The summed E-state index contributed by atoms with van der Waals surface area (Å²) >= 11 is 5.90. The topological polar surface area (TPSA) is 110 Å². The molecule has 0 aliphatic rings. The minimum absolute atomic E-state index is 0.265. The molecule has 8 nitrogen and oxygen atoms in total. The predicted octanol–water partition coefficient (Wildman–Crippen LogP) is 2.92. The number of benzene rings is 1. The molecule has 1 aromatic carbocycles. The summed E-state index contributed by atoms with van der Waals surface area (Å²) in [6, 6.07) is 7.67. The number of sulfonamides is 1. The van der Waals surface area contributed by atoms with Crippen LogP contribution in [0, 0.1) is 0 Å². The lowest BCUT2D eigenvalue weighted by atomic mass is 10.2. The molecular weight excluding hydrogens is 370 g/mol. The number of hydrogen-bond donors (Lipinski definition) is 1. The van der Waals surface area contributed by atoms with E-state index in [1.807, 2.05) is 6.92 Å². The van der Waals surface area contributed by atoms with Crippen LogP contribution in [0.1, 0.15) is 18.3 Å². The molecule has 0 spiro atoms. The van der Waals surface area contributed by atoms with Crippen molar-refractivity contribution in [2.75, 3.05) is 7.05 Å². The zero-order valence-corrected chi connectivity index (χ0v) is 15.1. The first-order valence-corrected chi connectivity index (χ1v) is 9.19. The van der Waals surface area contributed by atoms with Crippen LogP contribution >= 0.6 is 11.6 Å². The minimum Gasteiger partial charge on any atom is -0.464 e. The van der Waals surface area contributed by atoms with Crippen LogP contribution in [0.25, 0.3) is 0 Å². The van der Waals surface area contributed by atoms with Gasteiger partial charge in [-0.25, -0.2) is 22.5 Å². The maximum atomic E-state index is 11.9. The van der Waals surface area contributed by atoms with Crippen LogP contribution in [0.4, 0.5) is 4.79 Å². The molecule has 2 rings (SSSR count). The Labute approximate surface area is 150 Å². The number of amides is 1. The second kappa shape index (κ2) is 7.66. The van der Waals surface area contributed by atoms with Crippen LogP contribution in [-0.2, 0) is 22.2 Å². The first-order chi connectivity index (χ1) is 11.7. The van der Waals surface area contributed by atoms with Crippen LogP contribution in [-0.4, -0.2) is 40.9 Å². The van der Waals surface area contributed by atoms with E-state index in [4.69, 9.17) is 21.4 Å². The number of aromatic nitrogens is 2. The smallest absolute Gasteiger partial charge is 0.420 e. The predicted molar refractivity (Wildman–Crippen MR) is 91.3 cm³/mol. The average molecular weight is 386 g/mol. The van der Waals surface area contributed by atoms with Gasteiger partial charge in [-0.3, -0.25) is 0 Å². The Morgan fingerprint density at radius 3 is 2.48 bits per heavy atom. The van der Waals surface area contributed by atoms with Gasteiger partial charge in [0.2, 0.25) is 15.9 Å². The highest BCUT2D eigenvalue weighted by Crippen LogP contribution is 2.23. The fraction of sp³-hybridized carbons (Fsp3) is 0.267. The molecule has 25 heavy (non-hydrogen) atoms. The Bertz CT molecular complexity index is 871. The standard InChI is InChI=1S/C15H16ClN3O5S/c1-3-13-17-12(16)8-14(18-13)24-11-6-4-10(5-7-11)9-25(22,23)19(2)15(20)21/h4-8H,3,9H2,1-2H3,(H,20,21). The Morgan fingerprint density at radius 1 is 1.28 bits per heavy atom. The van der Waals surface area contributed by atoms with Gasteiger partial charge in [0.1, 0.15) is 16.7 Å². The van der Waals surface area contributed by atoms with Crippen LogP contribution in [0.3, 0.4) is 0 Å². The second-order valence-electron chi connectivity index (χ2n) is 5.05. The molecule has 0 fully saturated rings. The second-order valence-corrected chi connectivity index (χ2v) is 7.44. The van der Waals surface area contributed by atoms with Gasteiger partial charge in [-0.1, -0.05) is 30.7 Å². The van der Waals surface area contributed by atoms with Crippen molar-refractivity contribution in [1.82, 2.24) is 14.3 Å². The number of halogens is 1. The molecule has 1 N–H and O–H groups in total. The van der Waals surface area contributed by atoms with E-state index in [0.717, 1.165) is 7.05 Å². The zero-order valence-electron chi connectivity index (χ0n) is 13.5. The molecule has 1 aromatic heterocycles. The highest BCUT2D eigenvalue weighted by molar-refractivity contribution is 7.88. The molecule has 134 valence electrons. The molecule has 0 atom stereocenters. The quantitative estimate of drug-likeness (QED) is 0.761. The molecular formula is C15H16ClN3O5S. The van der Waals surface area contributed by atoms with Crippen molar-refractivity contribution in [3.63, 3.8) is 0 Å². The monoisotopic (exact) mass is 385 g/mol. The van der Waals surface area contributed by atoms with Gasteiger partial charge in [0.05, 0.1) is 5.75 Å². The highest BCUT2D eigenvalue weighted by Gasteiger charge is 2.22. The third-order valence-corrected chi connectivity index (χ3v) is 5.10. The van der Waals surface area contributed by atoms with Gasteiger partial charge < -0.3 is 9.84 Å². The lowest BCUT2D eigenvalue weighted by molar-refractivity contribution is 0.178. The number of hydrogen-bond acceptors (Lipinski definition) is 6. The number of carboxylic acid groups (broad SMARTS) is 1. The van der Waals surface area contributed by atoms with E-state index in [0.29, 0.717) is 23.6 Å². The third kappa shape index (κ3) is 5.04. The highest BCUT2D eigenvalue weighted by atomic mass is 35.5. The van der Waals surface area contributed by atoms with Gasteiger partial charge >= 0.3 is 6.09 Å². The van der Waals surface area contributed by atoms with Crippen molar-refractivity contribution in [3.8, 4) is 11.6 Å². The molecule has 0 radical (unpaired) electrons. The average Bonchev–Trinajstić information content (AvgIpc) is 2.55. The third-order valence-electron chi connectivity index (χ3n) is 3.22. The molecule has 0 saturated carbocycles. The number of aryl methyl sites for hydroxylation is 1. The van der Waals surface area contributed by atoms with Gasteiger partial charge in [-0.2, -0.15) is 4.98 Å². The maximum absolute atomic E-state index is 11.9. The number of nitrogens with zero attached hydrogens (tertiary/aromatic N) is 3. The van der Waals surface area contributed by atoms with Crippen molar-refractivity contribution in [3.05, 3.63) is 46.9 Å². The van der Waals surface area contributed by atoms with Gasteiger partial charge in [-0.15, -0.1) is 0 Å². The van der Waals surface area contributed by atoms with E-state index >= 15 is 0 Å². The first kappa shape index (κ1) is 18.9. The Hall–Kier alpha value is -2.39. The molecule has 10 heteroatoms. The fourth-order valence-corrected chi connectivity index (χ4v) is 3.09. The lowest BCUT2D eigenvalue weighted by Gasteiger charge is -2.13. The molecule has 0 saturated heterocycles. The van der Waals surface area contributed by atoms with E-state index in [9.17, 15) is 13.2 Å². The Morgan fingerprint density at radius 2 is 1.92 bits per heavy atom. The Balaban J connectivity index is 2.13. The first-order valence-electron chi connectivity index (χ1n) is 7.21. The minimum atomic E-state index is -3.94. The van der Waals surface area contributed by atoms with Crippen molar-refractivity contribution >= 4 is 27.7 Å². The van der Waals surface area contributed by atoms with E-state index in [1.54, 1.807) is 12.1 Å². The van der Waals surface area contributed by atoms with Crippen molar-refractivity contribution in [1.29, 1.82) is 0 Å². The van der Waals surface area contributed by atoms with Gasteiger partial charge in [-0.05, 0) is 17.7 Å². The van der Waals surface area contributed by atoms with Crippen LogP contribution < -0.4 is 4.74 Å². The van der Waals surface area contributed by atoms with Crippen molar-refractivity contribution in [2.24, 2.45) is 0 Å². The summed E-state index contributed by atoms with van der Waals surface area (Å²) < 4.78 is 29.7. The number of ether oxygens (including phenoxy) is 1. The summed E-state index contributed by atoms with van der Waals surface area (Å²) in [5.74, 6) is 0.823. The van der Waals surface area contributed by atoms with Crippen LogP contribution in [0.15, 0.2) is 30.3 Å². The number of rotatable bonds is 6. The van der Waals surface area contributed by atoms with Crippen LogP contribution in [0.5, 0.6) is 11.6 Å². The normalized spacial score (nSPS) is 11.2. The van der Waals surface area contributed by atoms with Gasteiger partial charge in [0.15, 0.2) is 0 Å². The van der Waals surface area contributed by atoms with E-state index < -0.39 is 21.9 Å². The SMILES string of the molecule is CCc1nc(Cl)cc(Oc2ccc(CS(=O)(=O)N(C)C(=O)O)cc2)n1.